The molecule has 0 spiro atoms. The number of methoxy groups -OCH3 is 2. The summed E-state index contributed by atoms with van der Waals surface area (Å²) in [4.78, 5) is 30.8. The monoisotopic (exact) mass is 316 g/mol. The molecule has 0 aliphatic carbocycles. The van der Waals surface area contributed by atoms with Crippen LogP contribution < -0.4 is 26.1 Å². The third-order valence-corrected chi connectivity index (χ3v) is 3.78. The number of para-hydroxylation sites is 1. The van der Waals surface area contributed by atoms with E-state index in [1.165, 1.54) is 14.2 Å². The highest BCUT2D eigenvalue weighted by Gasteiger charge is 2.33. The molecule has 1 aliphatic heterocycles. The fourth-order valence-corrected chi connectivity index (χ4v) is 2.84. The number of hydrogen-bond acceptors (Lipinski definition) is 6. The zero-order valence-corrected chi connectivity index (χ0v) is 12.7. The zero-order chi connectivity index (χ0) is 16.6. The zero-order valence-electron chi connectivity index (χ0n) is 12.7. The number of nitrogens with zero attached hydrogens (tertiary/aromatic N) is 1. The van der Waals surface area contributed by atoms with E-state index in [0.29, 0.717) is 22.6 Å². The quantitative estimate of drug-likeness (QED) is 0.772. The average molecular weight is 316 g/mol. The van der Waals surface area contributed by atoms with Gasteiger partial charge in [-0.2, -0.15) is 4.98 Å². The summed E-state index contributed by atoms with van der Waals surface area (Å²) in [5.41, 5.74) is 6.20. The van der Waals surface area contributed by atoms with Crippen molar-refractivity contribution in [3.63, 3.8) is 0 Å². The summed E-state index contributed by atoms with van der Waals surface area (Å²) in [5.74, 6) is 0.393. The Bertz CT molecular complexity index is 831. The smallest absolute Gasteiger partial charge is 0.258 e. The summed E-state index contributed by atoms with van der Waals surface area (Å²) in [6.45, 7) is 0. The first-order valence-electron chi connectivity index (χ1n) is 6.95. The predicted molar refractivity (Wildman–Crippen MR) is 83.9 cm³/mol. The van der Waals surface area contributed by atoms with E-state index in [9.17, 15) is 9.59 Å². The second kappa shape index (κ2) is 5.64. The molecule has 4 N–H and O–H groups in total. The third kappa shape index (κ3) is 2.48. The maximum absolute atomic E-state index is 12.3. The summed E-state index contributed by atoms with van der Waals surface area (Å²) >= 11 is 0. The van der Waals surface area contributed by atoms with E-state index in [1.807, 2.05) is 0 Å². The van der Waals surface area contributed by atoms with E-state index in [4.69, 9.17) is 15.2 Å². The lowest BCUT2D eigenvalue weighted by atomic mass is 9.86. The number of aromatic amines is 1. The fraction of sp³-hybridized carbons (Fsp3) is 0.267. The first-order valence-corrected chi connectivity index (χ1v) is 6.95. The number of fused-ring (bicyclic) bond motifs is 1. The van der Waals surface area contributed by atoms with Crippen molar-refractivity contribution in [1.82, 2.24) is 9.97 Å². The molecule has 1 aliphatic rings. The molecule has 120 valence electrons. The molecule has 23 heavy (non-hydrogen) atoms. The van der Waals surface area contributed by atoms with Crippen molar-refractivity contribution in [2.75, 3.05) is 25.3 Å². The molecule has 0 radical (unpaired) electrons. The molecular weight excluding hydrogens is 300 g/mol. The minimum absolute atomic E-state index is 0.0488. The molecule has 2 heterocycles. The van der Waals surface area contributed by atoms with Crippen molar-refractivity contribution in [2.45, 2.75) is 12.3 Å². The molecule has 0 unspecified atom stereocenters. The van der Waals surface area contributed by atoms with Crippen molar-refractivity contribution in [2.24, 2.45) is 0 Å². The second-order valence-electron chi connectivity index (χ2n) is 5.10. The molecule has 0 fully saturated rings. The molecule has 8 heteroatoms. The number of rotatable bonds is 3. The third-order valence-electron chi connectivity index (χ3n) is 3.78. The molecular formula is C15H16N4O4. The lowest BCUT2D eigenvalue weighted by Gasteiger charge is -2.26. The van der Waals surface area contributed by atoms with E-state index < -0.39 is 5.92 Å². The summed E-state index contributed by atoms with van der Waals surface area (Å²) < 4.78 is 10.7. The van der Waals surface area contributed by atoms with Gasteiger partial charge in [-0.25, -0.2) is 0 Å². The van der Waals surface area contributed by atoms with Crippen LogP contribution in [0.3, 0.4) is 0 Å². The van der Waals surface area contributed by atoms with Gasteiger partial charge in [-0.15, -0.1) is 0 Å². The molecule has 1 aromatic heterocycles. The lowest BCUT2D eigenvalue weighted by Crippen LogP contribution is -2.31. The number of nitrogens with two attached hydrogens (primary N) is 1. The van der Waals surface area contributed by atoms with Gasteiger partial charge in [0.2, 0.25) is 11.9 Å². The topological polar surface area (TPSA) is 119 Å². The summed E-state index contributed by atoms with van der Waals surface area (Å²) in [7, 11) is 3.04. The van der Waals surface area contributed by atoms with Crippen LogP contribution in [-0.4, -0.2) is 30.1 Å². The number of anilines is 2. The van der Waals surface area contributed by atoms with E-state index >= 15 is 0 Å². The Kier molecular flexibility index (Phi) is 3.65. The fourth-order valence-electron chi connectivity index (χ4n) is 2.84. The number of benzene rings is 1. The molecule has 0 bridgehead atoms. The van der Waals surface area contributed by atoms with Gasteiger partial charge < -0.3 is 20.5 Å². The van der Waals surface area contributed by atoms with Gasteiger partial charge in [0, 0.05) is 17.9 Å². The Morgan fingerprint density at radius 2 is 2.04 bits per heavy atom. The molecule has 3 rings (SSSR count). The molecule has 2 aromatic rings. The number of aromatic nitrogens is 2. The van der Waals surface area contributed by atoms with Gasteiger partial charge in [-0.05, 0) is 6.07 Å². The molecule has 1 atom stereocenters. The van der Waals surface area contributed by atoms with Gasteiger partial charge in [0.05, 0.1) is 19.8 Å². The predicted octanol–water partition coefficient (Wildman–Crippen LogP) is 0.843. The molecule has 1 aromatic carbocycles. The Morgan fingerprint density at radius 1 is 1.26 bits per heavy atom. The van der Waals surface area contributed by atoms with E-state index in [1.54, 1.807) is 18.2 Å². The Hall–Kier alpha value is -3.03. The van der Waals surface area contributed by atoms with Gasteiger partial charge in [-0.3, -0.25) is 14.6 Å². The number of carbonyl (C=O) groups is 1. The van der Waals surface area contributed by atoms with Crippen LogP contribution in [0.2, 0.25) is 0 Å². The van der Waals surface area contributed by atoms with Crippen LogP contribution in [-0.2, 0) is 4.79 Å². The number of nitrogens with one attached hydrogen (secondary N) is 2. The van der Waals surface area contributed by atoms with Crippen LogP contribution in [0.25, 0.3) is 0 Å². The summed E-state index contributed by atoms with van der Waals surface area (Å²) in [6.07, 6.45) is 0.102. The normalized spacial score (nSPS) is 16.4. The Balaban J connectivity index is 2.23. The highest BCUT2D eigenvalue weighted by atomic mass is 16.5. The van der Waals surface area contributed by atoms with Crippen molar-refractivity contribution in [1.29, 1.82) is 0 Å². The minimum atomic E-state index is -0.499. The first-order chi connectivity index (χ1) is 11.0. The number of carbonyl (C=O) groups excluding carboxylic acids is 1. The van der Waals surface area contributed by atoms with Crippen LogP contribution in [0.15, 0.2) is 23.0 Å². The minimum Gasteiger partial charge on any atom is -0.493 e. The Morgan fingerprint density at radius 3 is 2.74 bits per heavy atom. The maximum atomic E-state index is 12.3. The van der Waals surface area contributed by atoms with E-state index in [2.05, 4.69) is 15.3 Å². The SMILES string of the molecule is COc1cccc([C@@H]2CC(=O)Nc3nc(N)[nH]c(=O)c32)c1OC. The highest BCUT2D eigenvalue weighted by molar-refractivity contribution is 5.94. The van der Waals surface area contributed by atoms with Crippen molar-refractivity contribution >= 4 is 17.7 Å². The van der Waals surface area contributed by atoms with Crippen LogP contribution in [0, 0.1) is 0 Å². The van der Waals surface area contributed by atoms with Crippen molar-refractivity contribution < 1.29 is 14.3 Å². The number of hydrogen-bond donors (Lipinski definition) is 3. The molecule has 8 nitrogen and oxygen atoms in total. The van der Waals surface area contributed by atoms with E-state index in [0.717, 1.165) is 0 Å². The van der Waals surface area contributed by atoms with E-state index in [-0.39, 0.29) is 29.7 Å². The van der Waals surface area contributed by atoms with Crippen molar-refractivity contribution in [3.8, 4) is 11.5 Å². The summed E-state index contributed by atoms with van der Waals surface area (Å²) in [6, 6.07) is 5.32. The molecule has 0 saturated carbocycles. The average Bonchev–Trinajstić information content (AvgIpc) is 2.52. The van der Waals surface area contributed by atoms with Gasteiger partial charge in [0.1, 0.15) is 5.82 Å². The lowest BCUT2D eigenvalue weighted by molar-refractivity contribution is -0.116. The van der Waals surface area contributed by atoms with Crippen LogP contribution in [0.4, 0.5) is 11.8 Å². The van der Waals surface area contributed by atoms with Gasteiger partial charge in [0.25, 0.3) is 5.56 Å². The molecule has 1 amide bonds. The van der Waals surface area contributed by atoms with Crippen LogP contribution in [0.5, 0.6) is 11.5 Å². The highest BCUT2D eigenvalue weighted by Crippen LogP contribution is 2.42. The van der Waals surface area contributed by atoms with Crippen molar-refractivity contribution in [3.05, 3.63) is 39.7 Å². The Labute approximate surface area is 131 Å². The summed E-state index contributed by atoms with van der Waals surface area (Å²) in [5, 5.41) is 2.59. The largest absolute Gasteiger partial charge is 0.493 e. The second-order valence-corrected chi connectivity index (χ2v) is 5.10. The maximum Gasteiger partial charge on any atom is 0.258 e. The van der Waals surface area contributed by atoms with Gasteiger partial charge in [0.15, 0.2) is 11.5 Å². The van der Waals surface area contributed by atoms with Crippen LogP contribution in [0.1, 0.15) is 23.5 Å². The van der Waals surface area contributed by atoms with Gasteiger partial charge >= 0.3 is 0 Å². The first kappa shape index (κ1) is 14.9. The number of ether oxygens (including phenoxy) is 2. The number of amides is 1. The van der Waals surface area contributed by atoms with Crippen LogP contribution >= 0.6 is 0 Å². The number of nitrogen functional groups attached to an aromatic ring is 1. The van der Waals surface area contributed by atoms with Gasteiger partial charge in [-0.1, -0.05) is 12.1 Å². The standard InChI is InChI=1S/C15H16N4O4/c1-22-9-5-3-4-7(12(9)23-2)8-6-10(20)17-13-11(8)14(21)19-15(16)18-13/h3-5,8H,6H2,1-2H3,(H4,16,17,18,19,20,21)/t8-/m0/s1. The number of H-pyrrole nitrogens is 1. The molecule has 0 saturated heterocycles.